The first-order valence-electron chi connectivity index (χ1n) is 5.86. The fourth-order valence-corrected chi connectivity index (χ4v) is 2.46. The lowest BCUT2D eigenvalue weighted by atomic mass is 10.1. The van der Waals surface area contributed by atoms with Gasteiger partial charge in [0.1, 0.15) is 0 Å². The summed E-state index contributed by atoms with van der Waals surface area (Å²) in [6, 6.07) is 4.81. The minimum Gasteiger partial charge on any atom is -0.322 e. The maximum Gasteiger partial charge on any atom is 0.308 e. The Hall–Kier alpha value is -2.17. The van der Waals surface area contributed by atoms with Crippen molar-refractivity contribution in [3.63, 3.8) is 0 Å². The highest BCUT2D eigenvalue weighted by Gasteiger charge is 2.13. The summed E-state index contributed by atoms with van der Waals surface area (Å²) in [5.41, 5.74) is 6.08. The molecule has 1 heterocycles. The summed E-state index contributed by atoms with van der Waals surface area (Å²) in [7, 11) is -3.28. The normalized spacial score (nSPS) is 12.8. The zero-order valence-electron chi connectivity index (χ0n) is 10.9. The fraction of sp³-hybridized carbons (Fsp3) is 0.231. The monoisotopic (exact) mass is 290 g/mol. The molecule has 0 spiro atoms. The number of aromatic nitrogens is 1. The number of nitrogens with two attached hydrogens (primary N) is 1. The van der Waals surface area contributed by atoms with Gasteiger partial charge >= 0.3 is 6.17 Å². The lowest BCUT2D eigenvalue weighted by molar-refractivity contribution is 0.602. The highest BCUT2D eigenvalue weighted by molar-refractivity contribution is 7.90. The van der Waals surface area contributed by atoms with Crippen LogP contribution in [0.2, 0.25) is 0 Å². The van der Waals surface area contributed by atoms with Crippen molar-refractivity contribution >= 4 is 26.3 Å². The number of rotatable bonds is 4. The van der Waals surface area contributed by atoms with Gasteiger partial charge in [0.05, 0.1) is 23.3 Å². The lowest BCUT2D eigenvalue weighted by Gasteiger charge is -2.10. The average molecular weight is 290 g/mol. The molecule has 2 rings (SSSR count). The number of fused-ring (bicyclic) bond motifs is 1. The van der Waals surface area contributed by atoms with Crippen LogP contribution in [0.25, 0.3) is 15.6 Å². The molecule has 1 aromatic carbocycles. The Morgan fingerprint density at radius 2 is 2.20 bits per heavy atom. The quantitative estimate of drug-likeness (QED) is 0.827. The third-order valence-corrected chi connectivity index (χ3v) is 3.97. The first-order valence-corrected chi connectivity index (χ1v) is 7.76. The summed E-state index contributed by atoms with van der Waals surface area (Å²) >= 11 is 0. The number of hydrogen-bond acceptors (Lipinski definition) is 5. The first-order chi connectivity index (χ1) is 9.45. The molecular weight excluding hydrogens is 276 g/mol. The standard InChI is InChI=1S/C13H14N4O2S/c1-15-13(6-14)17-12-8-16-7-9-3-4-10(5-11(9)12)20(2,18)19/h3-5,7-8,13,17H,6,14H2,2H3. The van der Waals surface area contributed by atoms with Gasteiger partial charge in [-0.1, -0.05) is 6.07 Å². The van der Waals surface area contributed by atoms with Gasteiger partial charge in [0.25, 0.3) is 0 Å². The van der Waals surface area contributed by atoms with E-state index < -0.39 is 16.0 Å². The van der Waals surface area contributed by atoms with Crippen LogP contribution in [0.4, 0.5) is 5.69 Å². The summed E-state index contributed by atoms with van der Waals surface area (Å²) in [6.07, 6.45) is 3.79. The first kappa shape index (κ1) is 14.2. The third-order valence-electron chi connectivity index (χ3n) is 2.86. The minimum atomic E-state index is -3.28. The van der Waals surface area contributed by atoms with Crippen LogP contribution in [0.1, 0.15) is 0 Å². The molecular formula is C13H14N4O2S. The zero-order valence-corrected chi connectivity index (χ0v) is 11.7. The molecule has 20 heavy (non-hydrogen) atoms. The van der Waals surface area contributed by atoms with Gasteiger partial charge in [0, 0.05) is 23.2 Å². The second-order valence-electron chi connectivity index (χ2n) is 4.37. The highest BCUT2D eigenvalue weighted by atomic mass is 32.2. The molecule has 0 aliphatic rings. The number of sulfone groups is 1. The van der Waals surface area contributed by atoms with Gasteiger partial charge in [-0.3, -0.25) is 9.83 Å². The topological polar surface area (TPSA) is 89.4 Å². The Kier molecular flexibility index (Phi) is 3.88. The lowest BCUT2D eigenvalue weighted by Crippen LogP contribution is -2.25. The van der Waals surface area contributed by atoms with Crippen LogP contribution in [-0.2, 0) is 9.84 Å². The summed E-state index contributed by atoms with van der Waals surface area (Å²) < 4.78 is 23.2. The molecule has 0 fully saturated rings. The van der Waals surface area contributed by atoms with Crippen LogP contribution in [0.5, 0.6) is 0 Å². The van der Waals surface area contributed by atoms with E-state index in [-0.39, 0.29) is 11.4 Å². The number of benzene rings is 1. The SMILES string of the molecule is [C-]#[N+]C(CN)Nc1cncc2ccc(S(C)(=O)=O)cc12. The third kappa shape index (κ3) is 2.87. The van der Waals surface area contributed by atoms with Crippen molar-refractivity contribution in [2.24, 2.45) is 5.73 Å². The summed E-state index contributed by atoms with van der Waals surface area (Å²) in [5, 5.41) is 4.46. The van der Waals surface area contributed by atoms with Crippen LogP contribution in [0.3, 0.4) is 0 Å². The van der Waals surface area contributed by atoms with Crippen LogP contribution in [-0.4, -0.2) is 32.4 Å². The number of pyridine rings is 1. The van der Waals surface area contributed by atoms with Gasteiger partial charge in [0.15, 0.2) is 9.84 Å². The molecule has 0 aliphatic carbocycles. The van der Waals surface area contributed by atoms with E-state index in [1.54, 1.807) is 30.6 Å². The van der Waals surface area contributed by atoms with E-state index in [0.717, 1.165) is 11.6 Å². The van der Waals surface area contributed by atoms with Crippen molar-refractivity contribution in [3.8, 4) is 0 Å². The molecule has 0 radical (unpaired) electrons. The summed E-state index contributed by atoms with van der Waals surface area (Å²) in [6.45, 7) is 7.18. The van der Waals surface area contributed by atoms with E-state index in [9.17, 15) is 8.42 Å². The summed E-state index contributed by atoms with van der Waals surface area (Å²) in [4.78, 5) is 7.65. The predicted molar refractivity (Wildman–Crippen MR) is 77.9 cm³/mol. The second-order valence-corrected chi connectivity index (χ2v) is 6.38. The molecule has 7 heteroatoms. The number of nitrogens with zero attached hydrogens (tertiary/aromatic N) is 2. The molecule has 3 N–H and O–H groups in total. The second kappa shape index (κ2) is 5.45. The molecule has 0 aliphatic heterocycles. The van der Waals surface area contributed by atoms with Gasteiger partial charge in [-0.25, -0.2) is 15.0 Å². The van der Waals surface area contributed by atoms with Crippen molar-refractivity contribution < 1.29 is 8.42 Å². The van der Waals surface area contributed by atoms with E-state index in [1.165, 1.54) is 0 Å². The molecule has 0 amide bonds. The zero-order chi connectivity index (χ0) is 14.8. The Labute approximate surface area is 117 Å². The Morgan fingerprint density at radius 3 is 2.80 bits per heavy atom. The Balaban J connectivity index is 2.58. The Bertz CT molecular complexity index is 781. The van der Waals surface area contributed by atoms with Gasteiger partial charge in [0.2, 0.25) is 0 Å². The molecule has 0 saturated heterocycles. The van der Waals surface area contributed by atoms with E-state index in [2.05, 4.69) is 15.1 Å². The smallest absolute Gasteiger partial charge is 0.308 e. The molecule has 0 saturated carbocycles. The average Bonchev–Trinajstić information content (AvgIpc) is 2.43. The van der Waals surface area contributed by atoms with Crippen LogP contribution in [0.15, 0.2) is 35.5 Å². The van der Waals surface area contributed by atoms with Crippen molar-refractivity contribution in [2.75, 3.05) is 18.1 Å². The van der Waals surface area contributed by atoms with Gasteiger partial charge in [-0.2, -0.15) is 0 Å². The van der Waals surface area contributed by atoms with Crippen LogP contribution >= 0.6 is 0 Å². The largest absolute Gasteiger partial charge is 0.322 e. The predicted octanol–water partition coefficient (Wildman–Crippen LogP) is 1.25. The number of anilines is 1. The maximum absolute atomic E-state index is 11.6. The number of nitrogens with one attached hydrogen (secondary N) is 1. The Morgan fingerprint density at radius 1 is 1.45 bits per heavy atom. The van der Waals surface area contributed by atoms with Crippen molar-refractivity contribution in [3.05, 3.63) is 42.0 Å². The van der Waals surface area contributed by atoms with Gasteiger partial charge in [-0.15, -0.1) is 0 Å². The molecule has 6 nitrogen and oxygen atoms in total. The van der Waals surface area contributed by atoms with Gasteiger partial charge in [-0.05, 0) is 12.1 Å². The number of hydrogen-bond donors (Lipinski definition) is 2. The van der Waals surface area contributed by atoms with Crippen molar-refractivity contribution in [1.29, 1.82) is 0 Å². The molecule has 1 atom stereocenters. The van der Waals surface area contributed by atoms with E-state index in [0.29, 0.717) is 11.1 Å². The van der Waals surface area contributed by atoms with E-state index >= 15 is 0 Å². The fourth-order valence-electron chi connectivity index (χ4n) is 1.81. The maximum atomic E-state index is 11.6. The van der Waals surface area contributed by atoms with Crippen molar-refractivity contribution in [2.45, 2.75) is 11.1 Å². The van der Waals surface area contributed by atoms with E-state index in [4.69, 9.17) is 12.3 Å². The highest BCUT2D eigenvalue weighted by Crippen LogP contribution is 2.25. The van der Waals surface area contributed by atoms with E-state index in [1.807, 2.05) is 0 Å². The summed E-state index contributed by atoms with van der Waals surface area (Å²) in [5.74, 6) is 0. The van der Waals surface area contributed by atoms with Gasteiger partial charge < -0.3 is 11.1 Å². The van der Waals surface area contributed by atoms with Crippen molar-refractivity contribution in [1.82, 2.24) is 4.98 Å². The van der Waals surface area contributed by atoms with Crippen LogP contribution < -0.4 is 11.1 Å². The minimum absolute atomic E-state index is 0.158. The molecule has 104 valence electrons. The molecule has 1 aromatic heterocycles. The molecule has 0 bridgehead atoms. The molecule has 2 aromatic rings. The molecule has 1 unspecified atom stereocenters. The van der Waals surface area contributed by atoms with Crippen LogP contribution in [0, 0.1) is 6.57 Å².